The van der Waals surface area contributed by atoms with E-state index >= 15 is 0 Å². The van der Waals surface area contributed by atoms with Crippen molar-refractivity contribution in [2.75, 3.05) is 0 Å². The van der Waals surface area contributed by atoms with Gasteiger partial charge >= 0.3 is 0 Å². The maximum absolute atomic E-state index is 9.67. The van der Waals surface area contributed by atoms with E-state index in [1.807, 2.05) is 6.07 Å². The second kappa shape index (κ2) is 4.59. The average molecular weight is 384 g/mol. The molecule has 1 heterocycles. The molecule has 0 unspecified atom stereocenters. The molecule has 0 radical (unpaired) electrons. The van der Waals surface area contributed by atoms with E-state index in [1.54, 1.807) is 18.3 Å². The van der Waals surface area contributed by atoms with Crippen LogP contribution in [0.2, 0.25) is 0 Å². The number of halogens is 3. The average Bonchev–Trinajstić information content (AvgIpc) is 2.15. The van der Waals surface area contributed by atoms with E-state index in [0.717, 1.165) is 15.4 Å². The second-order valence-corrected chi connectivity index (χ2v) is 4.30. The van der Waals surface area contributed by atoms with Gasteiger partial charge < -0.3 is 5.11 Å². The van der Waals surface area contributed by atoms with Gasteiger partial charge in [0.2, 0.25) is 0 Å². The molecule has 2 nitrogen and oxygen atoms in total. The summed E-state index contributed by atoms with van der Waals surface area (Å²) in [5.41, 5.74) is 0.767. The van der Waals surface area contributed by atoms with E-state index in [0.29, 0.717) is 4.47 Å². The number of fused-ring (bicyclic) bond motifs is 1. The van der Waals surface area contributed by atoms with Crippen molar-refractivity contribution in [3.63, 3.8) is 0 Å². The largest absolute Gasteiger partial charge is 0.506 e. The summed E-state index contributed by atoms with van der Waals surface area (Å²) in [7, 11) is 0. The van der Waals surface area contributed by atoms with Crippen molar-refractivity contribution in [2.45, 2.75) is 0 Å². The number of aromatic hydroxyl groups is 1. The van der Waals surface area contributed by atoms with Gasteiger partial charge in [0, 0.05) is 16.1 Å². The van der Waals surface area contributed by atoms with Crippen LogP contribution < -0.4 is 0 Å². The fraction of sp³-hybridized carbons (Fsp3) is 0. The Morgan fingerprint density at radius 1 is 1.21 bits per heavy atom. The first-order valence-electron chi connectivity index (χ1n) is 3.62. The van der Waals surface area contributed by atoms with Gasteiger partial charge in [-0.15, -0.1) is 17.0 Å². The number of hydrogen-bond donors (Lipinski definition) is 1. The highest BCUT2D eigenvalue weighted by molar-refractivity contribution is 9.11. The zero-order valence-electron chi connectivity index (χ0n) is 6.87. The number of rotatable bonds is 0. The molecular formula is C9H6Br3NO. The molecule has 0 saturated carbocycles. The van der Waals surface area contributed by atoms with Gasteiger partial charge in [0.1, 0.15) is 5.75 Å². The molecule has 2 aromatic rings. The van der Waals surface area contributed by atoms with Crippen LogP contribution in [0.25, 0.3) is 10.9 Å². The first kappa shape index (κ1) is 11.9. The molecule has 0 aliphatic heterocycles. The normalized spacial score (nSPS) is 9.86. The summed E-state index contributed by atoms with van der Waals surface area (Å²) < 4.78 is 1.53. The number of aromatic nitrogens is 1. The SMILES string of the molecule is Br.Oc1c(Br)cc(Br)c2ncccc12. The quantitative estimate of drug-likeness (QED) is 0.744. The summed E-state index contributed by atoms with van der Waals surface area (Å²) in [6.07, 6.45) is 1.69. The molecule has 1 aromatic heterocycles. The van der Waals surface area contributed by atoms with Crippen molar-refractivity contribution >= 4 is 59.7 Å². The third kappa shape index (κ3) is 1.94. The van der Waals surface area contributed by atoms with Gasteiger partial charge in [-0.05, 0) is 50.1 Å². The molecule has 0 atom stereocenters. The number of phenolic OH excluding ortho intramolecular Hbond substituents is 1. The van der Waals surface area contributed by atoms with Crippen molar-refractivity contribution in [3.05, 3.63) is 33.3 Å². The molecule has 0 saturated heterocycles. The van der Waals surface area contributed by atoms with Gasteiger partial charge in [0.05, 0.1) is 9.99 Å². The van der Waals surface area contributed by atoms with Crippen LogP contribution in [0, 0.1) is 0 Å². The highest BCUT2D eigenvalue weighted by Crippen LogP contribution is 2.36. The molecule has 2 rings (SSSR count). The molecule has 0 aliphatic carbocycles. The van der Waals surface area contributed by atoms with Crippen molar-refractivity contribution < 1.29 is 5.11 Å². The molecule has 1 aromatic carbocycles. The maximum atomic E-state index is 9.67. The van der Waals surface area contributed by atoms with Crippen LogP contribution in [0.1, 0.15) is 0 Å². The summed E-state index contributed by atoms with van der Waals surface area (Å²) >= 11 is 6.64. The van der Waals surface area contributed by atoms with E-state index < -0.39 is 0 Å². The van der Waals surface area contributed by atoms with Crippen LogP contribution in [0.4, 0.5) is 0 Å². The summed E-state index contributed by atoms with van der Waals surface area (Å²) in [6.45, 7) is 0. The van der Waals surface area contributed by atoms with Crippen molar-refractivity contribution in [3.8, 4) is 5.75 Å². The Hall–Kier alpha value is -0.130. The van der Waals surface area contributed by atoms with Gasteiger partial charge in [-0.1, -0.05) is 0 Å². The minimum Gasteiger partial charge on any atom is -0.506 e. The number of hydrogen-bond acceptors (Lipinski definition) is 2. The molecule has 1 N–H and O–H groups in total. The number of pyridine rings is 1. The van der Waals surface area contributed by atoms with E-state index in [9.17, 15) is 5.11 Å². The number of benzene rings is 1. The molecule has 5 heteroatoms. The zero-order valence-corrected chi connectivity index (χ0v) is 11.8. The molecule has 0 bridgehead atoms. The summed E-state index contributed by atoms with van der Waals surface area (Å²) in [6, 6.07) is 5.40. The Bertz CT molecular complexity index is 473. The van der Waals surface area contributed by atoms with Gasteiger partial charge in [-0.3, -0.25) is 4.98 Å². The van der Waals surface area contributed by atoms with Gasteiger partial charge in [-0.25, -0.2) is 0 Å². The Balaban J connectivity index is 0.000000980. The lowest BCUT2D eigenvalue weighted by Crippen LogP contribution is -1.81. The molecule has 0 aliphatic rings. The summed E-state index contributed by atoms with van der Waals surface area (Å²) in [5.74, 6) is 0.228. The van der Waals surface area contributed by atoms with Crippen LogP contribution in [0.15, 0.2) is 33.3 Å². The van der Waals surface area contributed by atoms with Crippen molar-refractivity contribution in [2.24, 2.45) is 0 Å². The van der Waals surface area contributed by atoms with Crippen molar-refractivity contribution in [1.82, 2.24) is 4.98 Å². The highest BCUT2D eigenvalue weighted by atomic mass is 79.9. The number of phenols is 1. The Labute approximate surface area is 108 Å². The topological polar surface area (TPSA) is 33.1 Å². The molecule has 0 spiro atoms. The third-order valence-electron chi connectivity index (χ3n) is 1.77. The minimum atomic E-state index is 0. The predicted molar refractivity (Wildman–Crippen MR) is 69.1 cm³/mol. The standard InChI is InChI=1S/C9H5Br2NO.BrH/c10-6-4-7(11)9(13)5-2-1-3-12-8(5)6;/h1-4,13H;1H. The van der Waals surface area contributed by atoms with E-state index in [1.165, 1.54) is 0 Å². The fourth-order valence-corrected chi connectivity index (χ4v) is 2.46. The summed E-state index contributed by atoms with van der Waals surface area (Å²) in [4.78, 5) is 4.15. The molecular weight excluding hydrogens is 378 g/mol. The monoisotopic (exact) mass is 381 g/mol. The fourth-order valence-electron chi connectivity index (χ4n) is 1.16. The van der Waals surface area contributed by atoms with Gasteiger partial charge in [0.25, 0.3) is 0 Å². The molecule has 0 amide bonds. The minimum absolute atomic E-state index is 0. The first-order valence-corrected chi connectivity index (χ1v) is 5.20. The van der Waals surface area contributed by atoms with E-state index in [2.05, 4.69) is 36.8 Å². The van der Waals surface area contributed by atoms with Crippen molar-refractivity contribution in [1.29, 1.82) is 0 Å². The molecule has 14 heavy (non-hydrogen) atoms. The second-order valence-electron chi connectivity index (χ2n) is 2.59. The van der Waals surface area contributed by atoms with Crippen LogP contribution in [-0.4, -0.2) is 10.1 Å². The van der Waals surface area contributed by atoms with Crippen LogP contribution in [0.5, 0.6) is 5.75 Å². The molecule has 0 fully saturated rings. The lowest BCUT2D eigenvalue weighted by Gasteiger charge is -2.03. The van der Waals surface area contributed by atoms with Crippen LogP contribution in [0.3, 0.4) is 0 Å². The van der Waals surface area contributed by atoms with Crippen LogP contribution >= 0.6 is 48.8 Å². The highest BCUT2D eigenvalue weighted by Gasteiger charge is 2.07. The van der Waals surface area contributed by atoms with Gasteiger partial charge in [0.15, 0.2) is 0 Å². The summed E-state index contributed by atoms with van der Waals surface area (Å²) in [5, 5.41) is 10.4. The van der Waals surface area contributed by atoms with E-state index in [-0.39, 0.29) is 22.7 Å². The lowest BCUT2D eigenvalue weighted by atomic mass is 10.2. The zero-order chi connectivity index (χ0) is 9.42. The third-order valence-corrected chi connectivity index (χ3v) is 2.98. The van der Waals surface area contributed by atoms with Gasteiger partial charge in [-0.2, -0.15) is 0 Å². The first-order chi connectivity index (χ1) is 6.20. The van der Waals surface area contributed by atoms with E-state index in [4.69, 9.17) is 0 Å². The Kier molecular flexibility index (Phi) is 3.92. The smallest absolute Gasteiger partial charge is 0.139 e. The predicted octanol–water partition coefficient (Wildman–Crippen LogP) is 4.04. The number of nitrogens with zero attached hydrogens (tertiary/aromatic N) is 1. The van der Waals surface area contributed by atoms with Crippen LogP contribution in [-0.2, 0) is 0 Å². The maximum Gasteiger partial charge on any atom is 0.139 e. The Morgan fingerprint density at radius 3 is 2.64 bits per heavy atom. The molecule has 74 valence electrons. The Morgan fingerprint density at radius 2 is 1.93 bits per heavy atom. The lowest BCUT2D eigenvalue weighted by molar-refractivity contribution is 0.478.